The van der Waals surface area contributed by atoms with Crippen LogP contribution in [-0.4, -0.2) is 43.4 Å². The first-order valence-electron chi connectivity index (χ1n) is 8.74. The van der Waals surface area contributed by atoms with Crippen molar-refractivity contribution in [3.05, 3.63) is 0 Å². The number of nitrogens with zero attached hydrogens (tertiary/aromatic N) is 1. The standard InChI is InChI=1S/C17H32NO/c1-18-12-6-5-11-17(18)15(8-7-13-18)14-19-16-9-3-2-4-10-16/h15-17H,2-14H2,1H3/q+1/t15-,17+,18-/m1/s1. The summed E-state index contributed by atoms with van der Waals surface area (Å²) >= 11 is 0. The Morgan fingerprint density at radius 2 is 1.58 bits per heavy atom. The van der Waals surface area contributed by atoms with E-state index in [-0.39, 0.29) is 0 Å². The van der Waals surface area contributed by atoms with Crippen molar-refractivity contribution in [2.24, 2.45) is 5.92 Å². The lowest BCUT2D eigenvalue weighted by atomic mass is 9.82. The minimum Gasteiger partial charge on any atom is -0.378 e. The van der Waals surface area contributed by atoms with Crippen LogP contribution >= 0.6 is 0 Å². The molecule has 0 aromatic carbocycles. The molecule has 1 saturated carbocycles. The van der Waals surface area contributed by atoms with E-state index in [9.17, 15) is 0 Å². The van der Waals surface area contributed by atoms with Crippen LogP contribution in [0.2, 0.25) is 0 Å². The number of piperidine rings is 2. The molecule has 0 bridgehead atoms. The smallest absolute Gasteiger partial charge is 0.0939 e. The molecule has 0 spiro atoms. The first kappa shape index (κ1) is 13.9. The molecule has 2 saturated heterocycles. The summed E-state index contributed by atoms with van der Waals surface area (Å²) in [4.78, 5) is 0. The molecule has 2 heterocycles. The molecular weight excluding hydrogens is 234 g/mol. The van der Waals surface area contributed by atoms with Gasteiger partial charge in [-0.2, -0.15) is 0 Å². The lowest BCUT2D eigenvalue weighted by Crippen LogP contribution is -2.61. The number of quaternary nitrogens is 1. The molecule has 2 heteroatoms. The van der Waals surface area contributed by atoms with Crippen molar-refractivity contribution in [3.8, 4) is 0 Å². The van der Waals surface area contributed by atoms with E-state index in [2.05, 4.69) is 7.05 Å². The zero-order valence-corrected chi connectivity index (χ0v) is 12.8. The van der Waals surface area contributed by atoms with Gasteiger partial charge in [0.1, 0.15) is 0 Å². The highest BCUT2D eigenvalue weighted by molar-refractivity contribution is 4.79. The van der Waals surface area contributed by atoms with Crippen LogP contribution in [0, 0.1) is 5.92 Å². The zero-order valence-electron chi connectivity index (χ0n) is 12.8. The molecule has 110 valence electrons. The summed E-state index contributed by atoms with van der Waals surface area (Å²) in [6, 6.07) is 0.908. The molecule has 0 N–H and O–H groups in total. The number of fused-ring (bicyclic) bond motifs is 1. The second-order valence-corrected chi connectivity index (χ2v) is 7.49. The fourth-order valence-electron chi connectivity index (χ4n) is 4.92. The van der Waals surface area contributed by atoms with Gasteiger partial charge in [0, 0.05) is 12.3 Å². The highest BCUT2D eigenvalue weighted by Gasteiger charge is 2.43. The quantitative estimate of drug-likeness (QED) is 0.707. The Balaban J connectivity index is 1.54. The lowest BCUT2D eigenvalue weighted by molar-refractivity contribution is -0.947. The third-order valence-corrected chi connectivity index (χ3v) is 6.11. The molecule has 1 aliphatic carbocycles. The fraction of sp³-hybridized carbons (Fsp3) is 1.00. The van der Waals surface area contributed by atoms with Crippen LogP contribution in [0.4, 0.5) is 0 Å². The second-order valence-electron chi connectivity index (χ2n) is 7.49. The van der Waals surface area contributed by atoms with E-state index in [0.717, 1.165) is 18.6 Å². The maximum atomic E-state index is 6.31. The first-order valence-corrected chi connectivity index (χ1v) is 8.74. The van der Waals surface area contributed by atoms with E-state index in [1.807, 2.05) is 0 Å². The maximum Gasteiger partial charge on any atom is 0.0939 e. The molecule has 3 atom stereocenters. The summed E-state index contributed by atoms with van der Waals surface area (Å²) in [5, 5.41) is 0. The predicted octanol–water partition coefficient (Wildman–Crippen LogP) is 3.74. The third-order valence-electron chi connectivity index (χ3n) is 6.11. The molecule has 0 aromatic rings. The Morgan fingerprint density at radius 1 is 0.842 bits per heavy atom. The molecule has 2 aliphatic heterocycles. The van der Waals surface area contributed by atoms with Gasteiger partial charge in [0.05, 0.1) is 38.9 Å². The van der Waals surface area contributed by atoms with Crippen molar-refractivity contribution < 1.29 is 9.22 Å². The molecular formula is C17H32NO+. The van der Waals surface area contributed by atoms with Gasteiger partial charge in [-0.25, -0.2) is 0 Å². The maximum absolute atomic E-state index is 6.31. The largest absolute Gasteiger partial charge is 0.378 e. The van der Waals surface area contributed by atoms with Gasteiger partial charge >= 0.3 is 0 Å². The summed E-state index contributed by atoms with van der Waals surface area (Å²) < 4.78 is 7.67. The Hall–Kier alpha value is -0.0800. The van der Waals surface area contributed by atoms with Crippen molar-refractivity contribution in [1.82, 2.24) is 0 Å². The predicted molar refractivity (Wildman–Crippen MR) is 79.1 cm³/mol. The highest BCUT2D eigenvalue weighted by Crippen LogP contribution is 2.36. The van der Waals surface area contributed by atoms with Gasteiger partial charge in [-0.1, -0.05) is 19.3 Å². The number of hydrogen-bond acceptors (Lipinski definition) is 1. The van der Waals surface area contributed by atoms with Crippen LogP contribution in [0.25, 0.3) is 0 Å². The molecule has 0 amide bonds. The van der Waals surface area contributed by atoms with Crippen molar-refractivity contribution in [1.29, 1.82) is 0 Å². The normalized spacial score (nSPS) is 40.9. The minimum absolute atomic E-state index is 0.595. The molecule has 3 fully saturated rings. The molecule has 0 aromatic heterocycles. The molecule has 2 nitrogen and oxygen atoms in total. The Morgan fingerprint density at radius 3 is 2.42 bits per heavy atom. The van der Waals surface area contributed by atoms with Crippen LogP contribution in [0.15, 0.2) is 0 Å². The van der Waals surface area contributed by atoms with Gasteiger partial charge in [-0.05, 0) is 38.5 Å². The molecule has 19 heavy (non-hydrogen) atoms. The zero-order chi connectivity index (χ0) is 13.1. The lowest BCUT2D eigenvalue weighted by Gasteiger charge is -2.51. The van der Waals surface area contributed by atoms with Crippen LogP contribution in [-0.2, 0) is 4.74 Å². The van der Waals surface area contributed by atoms with Gasteiger partial charge in [0.2, 0.25) is 0 Å². The average molecular weight is 266 g/mol. The van der Waals surface area contributed by atoms with E-state index >= 15 is 0 Å². The van der Waals surface area contributed by atoms with Crippen molar-refractivity contribution in [3.63, 3.8) is 0 Å². The fourth-order valence-corrected chi connectivity index (χ4v) is 4.92. The van der Waals surface area contributed by atoms with Crippen LogP contribution in [0.1, 0.15) is 64.2 Å². The van der Waals surface area contributed by atoms with E-state index in [4.69, 9.17) is 4.74 Å². The first-order chi connectivity index (χ1) is 9.28. The second kappa shape index (κ2) is 6.13. The van der Waals surface area contributed by atoms with E-state index in [1.165, 1.54) is 81.8 Å². The Bertz CT molecular complexity index is 283. The van der Waals surface area contributed by atoms with Gasteiger partial charge in [0.25, 0.3) is 0 Å². The van der Waals surface area contributed by atoms with Crippen LogP contribution in [0.3, 0.4) is 0 Å². The van der Waals surface area contributed by atoms with Gasteiger partial charge in [-0.3, -0.25) is 0 Å². The molecule has 3 rings (SSSR count). The number of hydrogen-bond donors (Lipinski definition) is 0. The number of ether oxygens (including phenoxy) is 1. The van der Waals surface area contributed by atoms with Crippen LogP contribution < -0.4 is 0 Å². The van der Waals surface area contributed by atoms with Crippen molar-refractivity contribution in [2.75, 3.05) is 26.7 Å². The third kappa shape index (κ3) is 3.16. The van der Waals surface area contributed by atoms with E-state index in [1.54, 1.807) is 0 Å². The van der Waals surface area contributed by atoms with E-state index < -0.39 is 0 Å². The number of rotatable bonds is 3. The summed E-state index contributed by atoms with van der Waals surface area (Å²) in [5.41, 5.74) is 0. The summed E-state index contributed by atoms with van der Waals surface area (Å²) in [6.07, 6.45) is 14.7. The molecule has 0 unspecified atom stereocenters. The van der Waals surface area contributed by atoms with Crippen LogP contribution in [0.5, 0.6) is 0 Å². The molecule has 0 radical (unpaired) electrons. The van der Waals surface area contributed by atoms with Gasteiger partial charge in [0.15, 0.2) is 0 Å². The molecule has 3 aliphatic rings. The monoisotopic (exact) mass is 266 g/mol. The summed E-state index contributed by atoms with van der Waals surface area (Å²) in [5.74, 6) is 0.848. The minimum atomic E-state index is 0.595. The topological polar surface area (TPSA) is 9.23 Å². The average Bonchev–Trinajstić information content (AvgIpc) is 2.45. The SMILES string of the molecule is C[N@+]12CCCC[C@H]1[C@@H](COC1CCCCC1)CCC2. The van der Waals surface area contributed by atoms with Crippen molar-refractivity contribution >= 4 is 0 Å². The van der Waals surface area contributed by atoms with Gasteiger partial charge < -0.3 is 9.22 Å². The summed E-state index contributed by atoms with van der Waals surface area (Å²) in [7, 11) is 2.51. The van der Waals surface area contributed by atoms with Crippen molar-refractivity contribution in [2.45, 2.75) is 76.4 Å². The highest BCUT2D eigenvalue weighted by atomic mass is 16.5. The van der Waals surface area contributed by atoms with Gasteiger partial charge in [-0.15, -0.1) is 0 Å². The summed E-state index contributed by atoms with van der Waals surface area (Å²) in [6.45, 7) is 3.90. The Kier molecular flexibility index (Phi) is 4.48. The Labute approximate surface area is 119 Å². The van der Waals surface area contributed by atoms with E-state index in [0.29, 0.717) is 6.10 Å².